The predicted molar refractivity (Wildman–Crippen MR) is 76.3 cm³/mol. The summed E-state index contributed by atoms with van der Waals surface area (Å²) in [6.45, 7) is 1.71. The fourth-order valence-electron chi connectivity index (χ4n) is 2.67. The maximum absolute atomic E-state index is 12.3. The van der Waals surface area contributed by atoms with Crippen molar-refractivity contribution in [1.29, 1.82) is 0 Å². The van der Waals surface area contributed by atoms with Crippen LogP contribution in [0.2, 0.25) is 0 Å². The smallest absolute Gasteiger partial charge is 0.311 e. The van der Waals surface area contributed by atoms with Crippen molar-refractivity contribution < 1.29 is 19.4 Å². The van der Waals surface area contributed by atoms with Gasteiger partial charge in [-0.25, -0.2) is 0 Å². The summed E-state index contributed by atoms with van der Waals surface area (Å²) in [6.07, 6.45) is 3.12. The average molecular weight is 297 g/mol. The van der Waals surface area contributed by atoms with E-state index < -0.39 is 11.4 Å². The van der Waals surface area contributed by atoms with Crippen LogP contribution in [0.3, 0.4) is 0 Å². The van der Waals surface area contributed by atoms with Gasteiger partial charge < -0.3 is 15.2 Å². The first-order valence-corrected chi connectivity index (χ1v) is 7.52. The summed E-state index contributed by atoms with van der Waals surface area (Å²) in [6, 6.07) is 1.39. The van der Waals surface area contributed by atoms with Crippen molar-refractivity contribution in [1.82, 2.24) is 5.32 Å². The van der Waals surface area contributed by atoms with Crippen molar-refractivity contribution in [2.24, 2.45) is 5.41 Å². The molecule has 1 aliphatic rings. The Morgan fingerprint density at radius 2 is 2.25 bits per heavy atom. The summed E-state index contributed by atoms with van der Waals surface area (Å²) < 4.78 is 5.13. The molecule has 1 aromatic rings. The van der Waals surface area contributed by atoms with Crippen molar-refractivity contribution in [3.05, 3.63) is 16.3 Å². The Kier molecular flexibility index (Phi) is 4.32. The number of carbonyl (C=O) groups excluding carboxylic acids is 1. The first kappa shape index (κ1) is 14.8. The van der Waals surface area contributed by atoms with Crippen molar-refractivity contribution >= 4 is 23.2 Å². The number of rotatable bonds is 4. The standard InChI is InChI=1S/C14H19NO4S/c1-14(13(17)18)7-4-3-5-10(14)15-12(16)11-9(19-2)6-8-20-11/h6,8,10H,3-5,7H2,1-2H3,(H,15,16)(H,17,18). The van der Waals surface area contributed by atoms with Gasteiger partial charge in [-0.1, -0.05) is 12.8 Å². The molecule has 0 aliphatic heterocycles. The van der Waals surface area contributed by atoms with Gasteiger partial charge in [-0.2, -0.15) is 0 Å². The Balaban J connectivity index is 2.15. The van der Waals surface area contributed by atoms with E-state index in [1.165, 1.54) is 18.4 Å². The van der Waals surface area contributed by atoms with Crippen molar-refractivity contribution in [2.75, 3.05) is 7.11 Å². The molecule has 2 rings (SSSR count). The Hall–Kier alpha value is -1.56. The molecule has 2 atom stereocenters. The highest BCUT2D eigenvalue weighted by Crippen LogP contribution is 2.37. The molecule has 1 amide bonds. The van der Waals surface area contributed by atoms with Crippen LogP contribution in [0.15, 0.2) is 11.4 Å². The molecular weight excluding hydrogens is 278 g/mol. The lowest BCUT2D eigenvalue weighted by molar-refractivity contribution is -0.151. The molecule has 20 heavy (non-hydrogen) atoms. The van der Waals surface area contributed by atoms with Gasteiger partial charge in [0.05, 0.1) is 12.5 Å². The number of nitrogens with one attached hydrogen (secondary N) is 1. The van der Waals surface area contributed by atoms with Crippen LogP contribution in [0.1, 0.15) is 42.3 Å². The number of amides is 1. The summed E-state index contributed by atoms with van der Waals surface area (Å²) in [4.78, 5) is 24.3. The van der Waals surface area contributed by atoms with Crippen LogP contribution >= 0.6 is 11.3 Å². The van der Waals surface area contributed by atoms with Crippen LogP contribution in [0, 0.1) is 5.41 Å². The molecule has 0 saturated heterocycles. The Morgan fingerprint density at radius 3 is 2.90 bits per heavy atom. The van der Waals surface area contributed by atoms with E-state index in [1.54, 1.807) is 18.4 Å². The summed E-state index contributed by atoms with van der Waals surface area (Å²) in [5.41, 5.74) is -0.890. The van der Waals surface area contributed by atoms with Gasteiger partial charge in [0.25, 0.3) is 5.91 Å². The minimum atomic E-state index is -0.890. The number of hydrogen-bond donors (Lipinski definition) is 2. The summed E-state index contributed by atoms with van der Waals surface area (Å²) in [7, 11) is 1.51. The summed E-state index contributed by atoms with van der Waals surface area (Å²) in [5.74, 6) is -0.572. The first-order valence-electron chi connectivity index (χ1n) is 6.65. The average Bonchev–Trinajstić information content (AvgIpc) is 2.89. The molecule has 0 radical (unpaired) electrons. The molecule has 2 unspecified atom stereocenters. The van der Waals surface area contributed by atoms with Gasteiger partial charge >= 0.3 is 5.97 Å². The van der Waals surface area contributed by atoms with Gasteiger partial charge in [0.2, 0.25) is 0 Å². The molecule has 1 aromatic heterocycles. The molecule has 0 spiro atoms. The van der Waals surface area contributed by atoms with Crippen LogP contribution in [0.25, 0.3) is 0 Å². The molecule has 1 fully saturated rings. The van der Waals surface area contributed by atoms with E-state index in [9.17, 15) is 14.7 Å². The Bertz CT molecular complexity index is 513. The minimum absolute atomic E-state index is 0.253. The van der Waals surface area contributed by atoms with Crippen LogP contribution in [-0.2, 0) is 4.79 Å². The fraction of sp³-hybridized carbons (Fsp3) is 0.571. The highest BCUT2D eigenvalue weighted by atomic mass is 32.1. The Morgan fingerprint density at radius 1 is 1.50 bits per heavy atom. The van der Waals surface area contributed by atoms with E-state index in [1.807, 2.05) is 0 Å². The molecule has 5 nitrogen and oxygen atoms in total. The fourth-order valence-corrected chi connectivity index (χ4v) is 3.43. The molecule has 0 bridgehead atoms. The largest absolute Gasteiger partial charge is 0.495 e. The molecule has 1 saturated carbocycles. The third kappa shape index (κ3) is 2.65. The van der Waals surface area contributed by atoms with Crippen molar-refractivity contribution in [3.8, 4) is 5.75 Å². The maximum Gasteiger partial charge on any atom is 0.311 e. The molecule has 110 valence electrons. The van der Waals surface area contributed by atoms with E-state index in [4.69, 9.17) is 4.74 Å². The molecule has 0 aromatic carbocycles. The second kappa shape index (κ2) is 5.83. The SMILES string of the molecule is COc1ccsc1C(=O)NC1CCCCC1(C)C(=O)O. The van der Waals surface area contributed by atoms with Crippen molar-refractivity contribution in [2.45, 2.75) is 38.6 Å². The predicted octanol–water partition coefficient (Wildman–Crippen LogP) is 2.52. The van der Waals surface area contributed by atoms with Gasteiger partial charge in [-0.3, -0.25) is 9.59 Å². The molecule has 1 aliphatic carbocycles. The van der Waals surface area contributed by atoms with E-state index >= 15 is 0 Å². The highest BCUT2D eigenvalue weighted by Gasteiger charge is 2.44. The topological polar surface area (TPSA) is 75.6 Å². The van der Waals surface area contributed by atoms with Crippen LogP contribution in [0.4, 0.5) is 0 Å². The molecular formula is C14H19NO4S. The number of ether oxygens (including phenoxy) is 1. The zero-order chi connectivity index (χ0) is 14.8. The van der Waals surface area contributed by atoms with Gasteiger partial charge in [-0.15, -0.1) is 11.3 Å². The lowest BCUT2D eigenvalue weighted by atomic mass is 9.71. The van der Waals surface area contributed by atoms with Crippen LogP contribution in [0.5, 0.6) is 5.75 Å². The second-order valence-electron chi connectivity index (χ2n) is 5.31. The molecule has 6 heteroatoms. The number of hydrogen-bond acceptors (Lipinski definition) is 4. The van der Waals surface area contributed by atoms with E-state index in [-0.39, 0.29) is 11.9 Å². The van der Waals surface area contributed by atoms with Gasteiger partial charge in [0, 0.05) is 6.04 Å². The summed E-state index contributed by atoms with van der Waals surface area (Å²) >= 11 is 1.29. The lowest BCUT2D eigenvalue weighted by Crippen LogP contribution is -2.52. The first-order chi connectivity index (χ1) is 9.49. The monoisotopic (exact) mass is 297 g/mol. The van der Waals surface area contributed by atoms with E-state index in [0.29, 0.717) is 23.5 Å². The zero-order valence-corrected chi connectivity index (χ0v) is 12.5. The normalized spacial score (nSPS) is 26.0. The third-order valence-electron chi connectivity index (χ3n) is 4.06. The number of thiophene rings is 1. The zero-order valence-electron chi connectivity index (χ0n) is 11.6. The maximum atomic E-state index is 12.3. The number of carboxylic acids is 1. The Labute approximate surface area is 121 Å². The van der Waals surface area contributed by atoms with Crippen LogP contribution < -0.4 is 10.1 Å². The number of carboxylic acid groups (broad SMARTS) is 1. The summed E-state index contributed by atoms with van der Waals surface area (Å²) in [5, 5.41) is 14.1. The van der Waals surface area contributed by atoms with Gasteiger partial charge in [-0.05, 0) is 31.2 Å². The molecule has 2 N–H and O–H groups in total. The van der Waals surface area contributed by atoms with Crippen LogP contribution in [-0.4, -0.2) is 30.1 Å². The van der Waals surface area contributed by atoms with Crippen molar-refractivity contribution in [3.63, 3.8) is 0 Å². The lowest BCUT2D eigenvalue weighted by Gasteiger charge is -2.38. The number of carbonyl (C=O) groups is 2. The highest BCUT2D eigenvalue weighted by molar-refractivity contribution is 7.12. The minimum Gasteiger partial charge on any atom is -0.495 e. The third-order valence-corrected chi connectivity index (χ3v) is 4.95. The second-order valence-corrected chi connectivity index (χ2v) is 6.23. The number of aliphatic carboxylic acids is 1. The van der Waals surface area contributed by atoms with Gasteiger partial charge in [0.15, 0.2) is 0 Å². The molecule has 1 heterocycles. The van der Waals surface area contributed by atoms with E-state index in [2.05, 4.69) is 5.32 Å². The quantitative estimate of drug-likeness (QED) is 0.895. The number of methoxy groups -OCH3 is 1. The van der Waals surface area contributed by atoms with Gasteiger partial charge in [0.1, 0.15) is 10.6 Å². The van der Waals surface area contributed by atoms with E-state index in [0.717, 1.165) is 12.8 Å².